The van der Waals surface area contributed by atoms with Crippen molar-refractivity contribution in [3.63, 3.8) is 0 Å². The molecule has 0 atom stereocenters. The number of amides is 1. The van der Waals surface area contributed by atoms with Crippen LogP contribution in [0.4, 0.5) is 5.69 Å². The van der Waals surface area contributed by atoms with Crippen molar-refractivity contribution in [1.82, 2.24) is 4.31 Å². The van der Waals surface area contributed by atoms with E-state index in [1.54, 1.807) is 36.4 Å². The maximum atomic E-state index is 12.1. The fourth-order valence-corrected chi connectivity index (χ4v) is 2.64. The first-order valence-electron chi connectivity index (χ1n) is 6.80. The van der Waals surface area contributed by atoms with Crippen LogP contribution >= 0.6 is 0 Å². The third-order valence-electron chi connectivity index (χ3n) is 3.05. The lowest BCUT2D eigenvalue weighted by Crippen LogP contribution is -2.36. The lowest BCUT2D eigenvalue weighted by molar-refractivity contribution is -0.116. The molecule has 0 spiro atoms. The van der Waals surface area contributed by atoms with Crippen LogP contribution in [0.15, 0.2) is 47.1 Å². The van der Waals surface area contributed by atoms with E-state index in [0.29, 0.717) is 17.2 Å². The number of hydrogen-bond acceptors (Lipinski definition) is 5. The number of nitrogens with one attached hydrogen (secondary N) is 1. The van der Waals surface area contributed by atoms with Crippen molar-refractivity contribution in [2.24, 2.45) is 0 Å². The summed E-state index contributed by atoms with van der Waals surface area (Å²) >= 11 is 0. The lowest BCUT2D eigenvalue weighted by atomic mass is 10.3. The summed E-state index contributed by atoms with van der Waals surface area (Å²) in [7, 11) is -2.03. The monoisotopic (exact) mass is 338 g/mol. The standard InChI is InChI=1S/C15H18N2O5S/c1-21-13-6-3-5-12(9-13)16-15(18)11-17(23(2,19)20)10-14-7-4-8-22-14/h3-9H,10-11H2,1-2H3,(H,16,18). The molecule has 1 amide bonds. The summed E-state index contributed by atoms with van der Waals surface area (Å²) < 4.78 is 34.9. The van der Waals surface area contributed by atoms with Gasteiger partial charge in [0.15, 0.2) is 0 Å². The number of hydrogen-bond donors (Lipinski definition) is 1. The molecule has 0 saturated carbocycles. The average Bonchev–Trinajstić information content (AvgIpc) is 2.99. The Hall–Kier alpha value is -2.32. The number of anilines is 1. The van der Waals surface area contributed by atoms with Gasteiger partial charge in [-0.25, -0.2) is 8.42 Å². The van der Waals surface area contributed by atoms with E-state index >= 15 is 0 Å². The topological polar surface area (TPSA) is 88.8 Å². The normalized spacial score (nSPS) is 11.4. The van der Waals surface area contributed by atoms with Crippen LogP contribution in [0.3, 0.4) is 0 Å². The van der Waals surface area contributed by atoms with Crippen molar-refractivity contribution in [3.8, 4) is 5.75 Å². The van der Waals surface area contributed by atoms with E-state index in [-0.39, 0.29) is 13.1 Å². The van der Waals surface area contributed by atoms with Crippen LogP contribution in [0, 0.1) is 0 Å². The van der Waals surface area contributed by atoms with Gasteiger partial charge < -0.3 is 14.5 Å². The zero-order valence-corrected chi connectivity index (χ0v) is 13.7. The molecule has 2 rings (SSSR count). The first-order chi connectivity index (χ1) is 10.9. The maximum absolute atomic E-state index is 12.1. The van der Waals surface area contributed by atoms with Gasteiger partial charge in [0.05, 0.1) is 32.7 Å². The predicted octanol–water partition coefficient (Wildman–Crippen LogP) is 1.69. The van der Waals surface area contributed by atoms with Gasteiger partial charge in [0.2, 0.25) is 15.9 Å². The van der Waals surface area contributed by atoms with E-state index in [0.717, 1.165) is 10.6 Å². The Labute approximate surface area is 134 Å². The third-order valence-corrected chi connectivity index (χ3v) is 4.25. The van der Waals surface area contributed by atoms with Gasteiger partial charge in [0, 0.05) is 11.8 Å². The molecule has 1 aromatic carbocycles. The predicted molar refractivity (Wildman–Crippen MR) is 85.6 cm³/mol. The second-order valence-corrected chi connectivity index (χ2v) is 6.87. The molecule has 0 aliphatic rings. The number of furan rings is 1. The summed E-state index contributed by atoms with van der Waals surface area (Å²) in [6, 6.07) is 10.1. The van der Waals surface area contributed by atoms with Crippen LogP contribution in [0.5, 0.6) is 5.75 Å². The summed E-state index contributed by atoms with van der Waals surface area (Å²) in [5, 5.41) is 2.64. The van der Waals surface area contributed by atoms with Crippen LogP contribution in [-0.4, -0.2) is 38.5 Å². The van der Waals surface area contributed by atoms with Crippen LogP contribution in [0.1, 0.15) is 5.76 Å². The highest BCUT2D eigenvalue weighted by Crippen LogP contribution is 2.17. The van der Waals surface area contributed by atoms with Gasteiger partial charge in [-0.15, -0.1) is 0 Å². The lowest BCUT2D eigenvalue weighted by Gasteiger charge is -2.18. The highest BCUT2D eigenvalue weighted by atomic mass is 32.2. The van der Waals surface area contributed by atoms with E-state index in [1.165, 1.54) is 13.4 Å². The Morgan fingerprint density at radius 2 is 2.09 bits per heavy atom. The summed E-state index contributed by atoms with van der Waals surface area (Å²) in [6.45, 7) is -0.311. The molecule has 0 aliphatic carbocycles. The van der Waals surface area contributed by atoms with Crippen molar-refractivity contribution >= 4 is 21.6 Å². The zero-order valence-electron chi connectivity index (χ0n) is 12.9. The molecule has 0 radical (unpaired) electrons. The Balaban J connectivity index is 2.05. The summed E-state index contributed by atoms with van der Waals surface area (Å²) in [5.41, 5.74) is 0.529. The minimum atomic E-state index is -3.55. The van der Waals surface area contributed by atoms with E-state index in [4.69, 9.17) is 9.15 Å². The van der Waals surface area contributed by atoms with Gasteiger partial charge in [-0.1, -0.05) is 6.07 Å². The molecular formula is C15H18N2O5S. The second-order valence-electron chi connectivity index (χ2n) is 4.89. The molecule has 0 saturated heterocycles. The molecule has 0 bridgehead atoms. The molecule has 124 valence electrons. The molecule has 1 N–H and O–H groups in total. The van der Waals surface area contributed by atoms with Crippen LogP contribution in [0.25, 0.3) is 0 Å². The van der Waals surface area contributed by atoms with Crippen LogP contribution < -0.4 is 10.1 Å². The van der Waals surface area contributed by atoms with Gasteiger partial charge in [0.25, 0.3) is 0 Å². The molecule has 8 heteroatoms. The molecule has 1 heterocycles. The van der Waals surface area contributed by atoms with Crippen molar-refractivity contribution in [2.75, 3.05) is 25.2 Å². The number of nitrogens with zero attached hydrogens (tertiary/aromatic N) is 1. The molecular weight excluding hydrogens is 320 g/mol. The van der Waals surface area contributed by atoms with Crippen molar-refractivity contribution in [1.29, 1.82) is 0 Å². The fraction of sp³-hybridized carbons (Fsp3) is 0.267. The number of carbonyl (C=O) groups is 1. The first-order valence-corrected chi connectivity index (χ1v) is 8.65. The molecule has 1 aromatic heterocycles. The van der Waals surface area contributed by atoms with E-state index in [2.05, 4.69) is 5.32 Å². The Bertz CT molecular complexity index is 756. The third kappa shape index (κ3) is 5.11. The molecule has 0 aliphatic heterocycles. The van der Waals surface area contributed by atoms with Gasteiger partial charge in [-0.2, -0.15) is 4.31 Å². The number of carbonyl (C=O) groups excluding carboxylic acids is 1. The van der Waals surface area contributed by atoms with Crippen LogP contribution in [0.2, 0.25) is 0 Å². The van der Waals surface area contributed by atoms with E-state index < -0.39 is 15.9 Å². The SMILES string of the molecule is COc1cccc(NC(=O)CN(Cc2ccco2)S(C)(=O)=O)c1. The molecule has 7 nitrogen and oxygen atoms in total. The number of benzene rings is 1. The average molecular weight is 338 g/mol. The number of rotatable bonds is 7. The number of methoxy groups -OCH3 is 1. The Morgan fingerprint density at radius 3 is 2.70 bits per heavy atom. The fourth-order valence-electron chi connectivity index (χ4n) is 1.93. The summed E-state index contributed by atoms with van der Waals surface area (Å²) in [5.74, 6) is 0.609. The van der Waals surface area contributed by atoms with Gasteiger partial charge in [-0.3, -0.25) is 4.79 Å². The highest BCUT2D eigenvalue weighted by Gasteiger charge is 2.21. The van der Waals surface area contributed by atoms with Crippen LogP contribution in [-0.2, 0) is 21.4 Å². The second kappa shape index (κ2) is 7.30. The molecule has 23 heavy (non-hydrogen) atoms. The van der Waals surface area contributed by atoms with Crippen molar-refractivity contribution in [2.45, 2.75) is 6.54 Å². The van der Waals surface area contributed by atoms with E-state index in [1.807, 2.05) is 0 Å². The van der Waals surface area contributed by atoms with E-state index in [9.17, 15) is 13.2 Å². The van der Waals surface area contributed by atoms with Crippen molar-refractivity contribution < 1.29 is 22.4 Å². The maximum Gasteiger partial charge on any atom is 0.239 e. The first kappa shape index (κ1) is 17.0. The number of sulfonamides is 1. The highest BCUT2D eigenvalue weighted by molar-refractivity contribution is 7.88. The zero-order chi connectivity index (χ0) is 16.9. The smallest absolute Gasteiger partial charge is 0.239 e. The minimum Gasteiger partial charge on any atom is -0.497 e. The Morgan fingerprint density at radius 1 is 1.30 bits per heavy atom. The molecule has 0 unspecified atom stereocenters. The summed E-state index contributed by atoms with van der Waals surface area (Å²) in [4.78, 5) is 12.1. The summed E-state index contributed by atoms with van der Waals surface area (Å²) in [6.07, 6.45) is 2.50. The van der Waals surface area contributed by atoms with Gasteiger partial charge >= 0.3 is 0 Å². The largest absolute Gasteiger partial charge is 0.497 e. The quantitative estimate of drug-likeness (QED) is 0.830. The molecule has 2 aromatic rings. The van der Waals surface area contributed by atoms with Gasteiger partial charge in [-0.05, 0) is 24.3 Å². The molecule has 0 fully saturated rings. The van der Waals surface area contributed by atoms with Gasteiger partial charge in [0.1, 0.15) is 11.5 Å². The number of ether oxygens (including phenoxy) is 1. The van der Waals surface area contributed by atoms with Crippen molar-refractivity contribution in [3.05, 3.63) is 48.4 Å². The Kier molecular flexibility index (Phi) is 5.41. The minimum absolute atomic E-state index is 0.00261.